The maximum absolute atomic E-state index is 12.8. The summed E-state index contributed by atoms with van der Waals surface area (Å²) in [5.41, 5.74) is 10.1. The van der Waals surface area contributed by atoms with E-state index in [2.05, 4.69) is 47.6 Å². The Morgan fingerprint density at radius 3 is 2.34 bits per heavy atom. The van der Waals surface area contributed by atoms with Crippen LogP contribution in [-0.2, 0) is 11.3 Å². The third-order valence-electron chi connectivity index (χ3n) is 7.28. The van der Waals surface area contributed by atoms with Crippen molar-refractivity contribution in [3.63, 3.8) is 0 Å². The molecule has 0 bridgehead atoms. The quantitative estimate of drug-likeness (QED) is 0.186. The number of rotatable bonds is 12. The second-order valence-corrected chi connectivity index (χ2v) is 11.1. The molecule has 0 unspecified atom stereocenters. The Labute approximate surface area is 261 Å². The molecule has 44 heavy (non-hydrogen) atoms. The minimum Gasteiger partial charge on any atom is -0.368 e. The number of nitrogens with zero attached hydrogens (tertiary/aromatic N) is 2. The van der Waals surface area contributed by atoms with Crippen molar-refractivity contribution in [2.24, 2.45) is 11.7 Å². The molecule has 9 heteroatoms. The Kier molecular flexibility index (Phi) is 15.6. The molecule has 1 saturated heterocycles. The van der Waals surface area contributed by atoms with Gasteiger partial charge in [-0.15, -0.1) is 0 Å². The lowest BCUT2D eigenvalue weighted by atomic mass is 9.89. The molecule has 0 aliphatic carbocycles. The summed E-state index contributed by atoms with van der Waals surface area (Å²) in [4.78, 5) is 39.1. The number of piperidine rings is 1. The number of amides is 3. The fourth-order valence-electron chi connectivity index (χ4n) is 4.70. The molecule has 0 radical (unpaired) electrons. The Morgan fingerprint density at radius 1 is 1.07 bits per heavy atom. The normalized spacial score (nSPS) is 14.3. The Bertz CT molecular complexity index is 1310. The molecule has 3 amide bonds. The summed E-state index contributed by atoms with van der Waals surface area (Å²) >= 11 is 0. The highest BCUT2D eigenvalue weighted by molar-refractivity contribution is 5.98. The SMILES string of the molecule is C/C=C(C)/C(=C\N/C=C/CC)CCC(=O)Nc1cccc(CN(C)C)c1.NC(=O)N1CCC(C(=O)c2ccc(F)cc2)CC1. The van der Waals surface area contributed by atoms with E-state index in [0.29, 0.717) is 44.3 Å². The summed E-state index contributed by atoms with van der Waals surface area (Å²) in [5.74, 6) is -0.411. The summed E-state index contributed by atoms with van der Waals surface area (Å²) < 4.78 is 12.8. The minimum atomic E-state index is -0.442. The third-order valence-corrected chi connectivity index (χ3v) is 7.28. The first kappa shape index (κ1) is 36.0. The van der Waals surface area contributed by atoms with Crippen LogP contribution in [0.1, 0.15) is 68.8 Å². The maximum atomic E-state index is 12.8. The number of anilines is 1. The predicted octanol–water partition coefficient (Wildman–Crippen LogP) is 6.63. The fourth-order valence-corrected chi connectivity index (χ4v) is 4.70. The van der Waals surface area contributed by atoms with Crippen LogP contribution in [0.3, 0.4) is 0 Å². The molecule has 2 aromatic rings. The van der Waals surface area contributed by atoms with Gasteiger partial charge in [0.25, 0.3) is 0 Å². The average Bonchev–Trinajstić information content (AvgIpc) is 3.00. The molecule has 8 nitrogen and oxygen atoms in total. The molecule has 0 atom stereocenters. The van der Waals surface area contributed by atoms with Gasteiger partial charge in [0.2, 0.25) is 5.91 Å². The monoisotopic (exact) mass is 605 g/mol. The average molecular weight is 606 g/mol. The third kappa shape index (κ3) is 13.0. The van der Waals surface area contributed by atoms with E-state index in [0.717, 1.165) is 24.2 Å². The van der Waals surface area contributed by atoms with Gasteiger partial charge in [0.05, 0.1) is 0 Å². The number of benzene rings is 2. The number of primary amides is 1. The van der Waals surface area contributed by atoms with Gasteiger partial charge in [-0.1, -0.05) is 36.8 Å². The highest BCUT2D eigenvalue weighted by Gasteiger charge is 2.27. The van der Waals surface area contributed by atoms with Gasteiger partial charge in [-0.05, 0) is 107 Å². The van der Waals surface area contributed by atoms with Gasteiger partial charge in [0, 0.05) is 49.4 Å². The number of hydrogen-bond donors (Lipinski definition) is 3. The predicted molar refractivity (Wildman–Crippen MR) is 176 cm³/mol. The number of halogens is 1. The maximum Gasteiger partial charge on any atom is 0.314 e. The topological polar surface area (TPSA) is 108 Å². The summed E-state index contributed by atoms with van der Waals surface area (Å²) in [5, 5.41) is 6.19. The minimum absolute atomic E-state index is 0.0131. The van der Waals surface area contributed by atoms with Crippen molar-refractivity contribution in [2.45, 2.75) is 59.4 Å². The van der Waals surface area contributed by atoms with Gasteiger partial charge in [-0.25, -0.2) is 9.18 Å². The number of nitrogens with two attached hydrogens (primary N) is 1. The van der Waals surface area contributed by atoms with Crippen LogP contribution in [-0.4, -0.2) is 54.7 Å². The van der Waals surface area contributed by atoms with Crippen LogP contribution in [0.15, 0.2) is 84.2 Å². The first-order valence-corrected chi connectivity index (χ1v) is 15.1. The molecule has 0 spiro atoms. The standard InChI is InChI=1S/C22H33N3O.C13H15FN2O2/c1-6-8-14-23-16-20(18(3)7-2)12-13-22(26)24-21-11-9-10-19(15-21)17-25(4)5;14-11-3-1-9(2-4-11)12(17)10-5-7-16(8-6-10)13(15)18/h7-11,14-16,23H,6,12-13,17H2,1-5H3,(H,24,26);1-4,10H,5-8H2,(H2,15,18)/b14-8+,18-7+,20-16-;. The van der Waals surface area contributed by atoms with E-state index in [9.17, 15) is 18.8 Å². The van der Waals surface area contributed by atoms with Crippen molar-refractivity contribution < 1.29 is 18.8 Å². The van der Waals surface area contributed by atoms with Crippen LogP contribution in [0.25, 0.3) is 0 Å². The van der Waals surface area contributed by atoms with Crippen molar-refractivity contribution in [3.05, 3.63) is 101 Å². The lowest BCUT2D eigenvalue weighted by Gasteiger charge is -2.29. The van der Waals surface area contributed by atoms with Crippen LogP contribution >= 0.6 is 0 Å². The van der Waals surface area contributed by atoms with E-state index in [1.807, 2.05) is 51.6 Å². The molecule has 2 aromatic carbocycles. The molecular formula is C35H48FN5O3. The summed E-state index contributed by atoms with van der Waals surface area (Å²) in [6.45, 7) is 8.05. The molecule has 238 valence electrons. The summed E-state index contributed by atoms with van der Waals surface area (Å²) in [6, 6.07) is 13.1. The molecule has 3 rings (SSSR count). The number of allylic oxidation sites excluding steroid dienone is 4. The number of nitrogens with one attached hydrogen (secondary N) is 2. The van der Waals surface area contributed by atoms with Gasteiger partial charge in [0.1, 0.15) is 5.82 Å². The van der Waals surface area contributed by atoms with Crippen molar-refractivity contribution in [1.29, 1.82) is 0 Å². The number of Topliss-reactive ketones (excluding diaryl/α,β-unsaturated/α-hetero) is 1. The van der Waals surface area contributed by atoms with Crippen LogP contribution < -0.4 is 16.4 Å². The van der Waals surface area contributed by atoms with Crippen LogP contribution in [0.5, 0.6) is 0 Å². The van der Waals surface area contributed by atoms with Crippen molar-refractivity contribution in [2.75, 3.05) is 32.5 Å². The van der Waals surface area contributed by atoms with E-state index in [4.69, 9.17) is 5.73 Å². The number of carbonyl (C=O) groups excluding carboxylic acids is 3. The van der Waals surface area contributed by atoms with Crippen molar-refractivity contribution in [3.8, 4) is 0 Å². The fraction of sp³-hybridized carbons (Fsp3) is 0.400. The lowest BCUT2D eigenvalue weighted by Crippen LogP contribution is -2.43. The second-order valence-electron chi connectivity index (χ2n) is 11.1. The summed E-state index contributed by atoms with van der Waals surface area (Å²) in [7, 11) is 4.07. The van der Waals surface area contributed by atoms with Crippen LogP contribution in [0, 0.1) is 11.7 Å². The molecule has 1 aliphatic rings. The van der Waals surface area contributed by atoms with E-state index in [-0.39, 0.29) is 23.4 Å². The van der Waals surface area contributed by atoms with Crippen LogP contribution in [0.4, 0.5) is 14.9 Å². The largest absolute Gasteiger partial charge is 0.368 e. The zero-order valence-corrected chi connectivity index (χ0v) is 26.7. The van der Waals surface area contributed by atoms with Gasteiger partial charge in [-0.3, -0.25) is 9.59 Å². The van der Waals surface area contributed by atoms with E-state index < -0.39 is 6.03 Å². The smallest absolute Gasteiger partial charge is 0.314 e. The zero-order chi connectivity index (χ0) is 32.5. The molecule has 1 heterocycles. The number of likely N-dealkylation sites (tertiary alicyclic amines) is 1. The Hall–Kier alpha value is -4.24. The summed E-state index contributed by atoms with van der Waals surface area (Å²) in [6.07, 6.45) is 11.4. The Balaban J connectivity index is 0.000000326. The number of carbonyl (C=O) groups is 3. The van der Waals surface area contributed by atoms with Crippen LogP contribution in [0.2, 0.25) is 0 Å². The Morgan fingerprint density at radius 2 is 1.75 bits per heavy atom. The molecule has 0 aromatic heterocycles. The highest BCUT2D eigenvalue weighted by Crippen LogP contribution is 2.22. The van der Waals surface area contributed by atoms with E-state index >= 15 is 0 Å². The second kappa shape index (κ2) is 19.1. The van der Waals surface area contributed by atoms with Gasteiger partial charge in [0.15, 0.2) is 5.78 Å². The first-order valence-electron chi connectivity index (χ1n) is 15.1. The van der Waals surface area contributed by atoms with Crippen molar-refractivity contribution >= 4 is 23.4 Å². The molecular weight excluding hydrogens is 557 g/mol. The van der Waals surface area contributed by atoms with Gasteiger partial charge >= 0.3 is 6.03 Å². The first-order chi connectivity index (χ1) is 21.0. The number of ketones is 1. The van der Waals surface area contributed by atoms with E-state index in [1.54, 1.807) is 0 Å². The molecule has 4 N–H and O–H groups in total. The lowest BCUT2D eigenvalue weighted by molar-refractivity contribution is -0.116. The zero-order valence-electron chi connectivity index (χ0n) is 26.7. The van der Waals surface area contributed by atoms with E-state index in [1.165, 1.54) is 40.3 Å². The van der Waals surface area contributed by atoms with Crippen molar-refractivity contribution in [1.82, 2.24) is 15.1 Å². The number of urea groups is 1. The number of hydrogen-bond acceptors (Lipinski definition) is 5. The van der Waals surface area contributed by atoms with Gasteiger partial charge < -0.3 is 26.2 Å². The van der Waals surface area contributed by atoms with Gasteiger partial charge in [-0.2, -0.15) is 0 Å². The molecule has 1 aliphatic heterocycles. The molecule has 1 fully saturated rings. The highest BCUT2D eigenvalue weighted by atomic mass is 19.1. The molecule has 0 saturated carbocycles.